The van der Waals surface area contributed by atoms with Crippen molar-refractivity contribution in [2.45, 2.75) is 47.5 Å². The predicted molar refractivity (Wildman–Crippen MR) is 111 cm³/mol. The maximum atomic E-state index is 11.8. The molecule has 0 aromatic heterocycles. The molecule has 0 aliphatic rings. The smallest absolute Gasteiger partial charge is 0.0871 e. The van der Waals surface area contributed by atoms with Gasteiger partial charge in [-0.3, -0.25) is 0 Å². The molecule has 26 heavy (non-hydrogen) atoms. The van der Waals surface area contributed by atoms with E-state index in [2.05, 4.69) is 0 Å². The number of nitrogens with zero attached hydrogens (tertiary/aromatic N) is 2. The van der Waals surface area contributed by atoms with Gasteiger partial charge in [0.2, 0.25) is 0 Å². The van der Waals surface area contributed by atoms with Crippen LogP contribution < -0.4 is 5.73 Å². The van der Waals surface area contributed by atoms with Gasteiger partial charge < -0.3 is 15.5 Å². The van der Waals surface area contributed by atoms with Crippen LogP contribution in [0.15, 0.2) is 35.7 Å². The lowest BCUT2D eigenvalue weighted by Crippen LogP contribution is -2.14. The molecule has 0 bridgehead atoms. The van der Waals surface area contributed by atoms with Crippen molar-refractivity contribution in [3.05, 3.63) is 35.7 Å². The standard InChI is InChI=1S/2C7H14FN.C5H10FN.CH4/c2*1-4-7(5-8)6-9(2)3;1-2-5(3-6)4-7;/h2*5H,4,6H2,1-3H3;3H,2,4,7H2,1H3;1H4/b2*7-5-;5-3-;. The molecule has 0 atom stereocenters. The van der Waals surface area contributed by atoms with Crippen LogP contribution in [0, 0.1) is 0 Å². The zero-order chi connectivity index (χ0) is 20.3. The largest absolute Gasteiger partial charge is 0.327 e. The van der Waals surface area contributed by atoms with E-state index < -0.39 is 0 Å². The highest BCUT2D eigenvalue weighted by Crippen LogP contribution is 2.01. The summed E-state index contributed by atoms with van der Waals surface area (Å²) in [5.74, 6) is 0. The van der Waals surface area contributed by atoms with E-state index in [1.54, 1.807) is 0 Å². The molecule has 0 aliphatic carbocycles. The van der Waals surface area contributed by atoms with Crippen LogP contribution in [0.1, 0.15) is 47.5 Å². The fourth-order valence-corrected chi connectivity index (χ4v) is 1.53. The molecule has 0 spiro atoms. The Morgan fingerprint density at radius 2 is 0.962 bits per heavy atom. The highest BCUT2D eigenvalue weighted by Gasteiger charge is 1.95. The van der Waals surface area contributed by atoms with E-state index in [0.29, 0.717) is 37.5 Å². The molecule has 158 valence electrons. The summed E-state index contributed by atoms with van der Waals surface area (Å²) >= 11 is 0. The molecule has 0 fully saturated rings. The number of nitrogens with two attached hydrogens (primary N) is 1. The zero-order valence-corrected chi connectivity index (χ0v) is 17.1. The Morgan fingerprint density at radius 3 is 1.00 bits per heavy atom. The Hall–Kier alpha value is -1.11. The first kappa shape index (κ1) is 32.6. The second-order valence-corrected chi connectivity index (χ2v) is 6.04. The van der Waals surface area contributed by atoms with Gasteiger partial charge in [0.15, 0.2) is 0 Å². The molecular weight excluding hydrogens is 339 g/mol. The molecule has 0 aromatic carbocycles. The van der Waals surface area contributed by atoms with Gasteiger partial charge in [0.05, 0.1) is 19.0 Å². The molecule has 0 aromatic rings. The number of hydrogen-bond acceptors (Lipinski definition) is 3. The van der Waals surface area contributed by atoms with Gasteiger partial charge in [0.25, 0.3) is 0 Å². The van der Waals surface area contributed by atoms with Crippen LogP contribution in [0.25, 0.3) is 0 Å². The molecule has 0 unspecified atom stereocenters. The Morgan fingerprint density at radius 1 is 0.692 bits per heavy atom. The molecule has 6 heteroatoms. The van der Waals surface area contributed by atoms with Crippen molar-refractivity contribution in [2.24, 2.45) is 5.73 Å². The van der Waals surface area contributed by atoms with Gasteiger partial charge >= 0.3 is 0 Å². The van der Waals surface area contributed by atoms with E-state index in [4.69, 9.17) is 5.73 Å². The van der Waals surface area contributed by atoms with Crippen LogP contribution in [0.5, 0.6) is 0 Å². The molecule has 0 saturated carbocycles. The summed E-state index contributed by atoms with van der Waals surface area (Å²) in [5.41, 5.74) is 7.45. The van der Waals surface area contributed by atoms with Crippen LogP contribution in [0.4, 0.5) is 13.2 Å². The minimum atomic E-state index is 0. The number of likely N-dealkylation sites (N-methyl/N-ethyl adjacent to an activating group) is 2. The Labute approximate surface area is 160 Å². The van der Waals surface area contributed by atoms with Gasteiger partial charge in [0.1, 0.15) is 0 Å². The van der Waals surface area contributed by atoms with Crippen LogP contribution in [0.2, 0.25) is 0 Å². The van der Waals surface area contributed by atoms with Gasteiger partial charge in [-0.25, -0.2) is 13.2 Å². The lowest BCUT2D eigenvalue weighted by Gasteiger charge is -2.09. The van der Waals surface area contributed by atoms with Crippen molar-refractivity contribution >= 4 is 0 Å². The molecule has 3 nitrogen and oxygen atoms in total. The summed E-state index contributed by atoms with van der Waals surface area (Å²) in [6.45, 7) is 7.58. The van der Waals surface area contributed by atoms with E-state index in [-0.39, 0.29) is 7.43 Å². The minimum Gasteiger partial charge on any atom is -0.327 e. The van der Waals surface area contributed by atoms with E-state index in [9.17, 15) is 13.2 Å². The highest BCUT2D eigenvalue weighted by atomic mass is 19.1. The van der Waals surface area contributed by atoms with E-state index >= 15 is 0 Å². The number of halogens is 3. The Bertz CT molecular complexity index is 344. The zero-order valence-electron chi connectivity index (χ0n) is 17.1. The van der Waals surface area contributed by atoms with Crippen LogP contribution in [0.3, 0.4) is 0 Å². The molecule has 0 rings (SSSR count). The summed E-state index contributed by atoms with van der Waals surface area (Å²) in [6.07, 6.45) is 4.27. The summed E-state index contributed by atoms with van der Waals surface area (Å²) < 4.78 is 35.1. The van der Waals surface area contributed by atoms with Crippen molar-refractivity contribution in [3.8, 4) is 0 Å². The molecule has 0 saturated heterocycles. The van der Waals surface area contributed by atoms with E-state index in [1.807, 2.05) is 58.8 Å². The maximum Gasteiger partial charge on any atom is 0.0871 e. The lowest BCUT2D eigenvalue weighted by atomic mass is 10.2. The number of rotatable bonds is 8. The van der Waals surface area contributed by atoms with Crippen LogP contribution in [-0.4, -0.2) is 57.6 Å². The van der Waals surface area contributed by atoms with Gasteiger partial charge in [0, 0.05) is 19.6 Å². The third-order valence-electron chi connectivity index (χ3n) is 3.13. The van der Waals surface area contributed by atoms with Crippen molar-refractivity contribution < 1.29 is 13.2 Å². The first-order chi connectivity index (χ1) is 11.7. The van der Waals surface area contributed by atoms with Crippen molar-refractivity contribution in [2.75, 3.05) is 47.8 Å². The fraction of sp³-hybridized carbons (Fsp3) is 0.700. The lowest BCUT2D eigenvalue weighted by molar-refractivity contribution is 0.436. The maximum absolute atomic E-state index is 11.8. The summed E-state index contributed by atoms with van der Waals surface area (Å²) in [6, 6.07) is 0. The van der Waals surface area contributed by atoms with E-state index in [0.717, 1.165) is 37.1 Å². The topological polar surface area (TPSA) is 32.5 Å². The van der Waals surface area contributed by atoms with Crippen LogP contribution >= 0.6 is 0 Å². The first-order valence-electron chi connectivity index (χ1n) is 8.59. The SMILES string of the molecule is C.CC/C(=C/F)CN.CC/C(=C/F)CN(C)C.CC/C(=C/F)CN(C)C. The van der Waals surface area contributed by atoms with Crippen LogP contribution in [-0.2, 0) is 0 Å². The molecule has 0 radical (unpaired) electrons. The first-order valence-corrected chi connectivity index (χ1v) is 8.59. The molecule has 0 aliphatic heterocycles. The van der Waals surface area contributed by atoms with Gasteiger partial charge in [-0.15, -0.1) is 0 Å². The summed E-state index contributed by atoms with van der Waals surface area (Å²) in [4.78, 5) is 3.91. The molecule has 2 N–H and O–H groups in total. The van der Waals surface area contributed by atoms with Crippen molar-refractivity contribution in [1.82, 2.24) is 9.80 Å². The third kappa shape index (κ3) is 25.1. The van der Waals surface area contributed by atoms with E-state index in [1.165, 1.54) is 0 Å². The van der Waals surface area contributed by atoms with Gasteiger partial charge in [-0.05, 0) is 64.2 Å². The summed E-state index contributed by atoms with van der Waals surface area (Å²) in [7, 11) is 7.72. The second-order valence-electron chi connectivity index (χ2n) is 6.04. The minimum absolute atomic E-state index is 0. The Kier molecular flexibility index (Phi) is 29.9. The second kappa shape index (κ2) is 23.9. The van der Waals surface area contributed by atoms with Crippen molar-refractivity contribution in [3.63, 3.8) is 0 Å². The monoisotopic (exact) mass is 381 g/mol. The Balaban J connectivity index is -0.000000138. The predicted octanol–water partition coefficient (Wildman–Crippen LogP) is 5.47. The normalized spacial score (nSPS) is 12.1. The quantitative estimate of drug-likeness (QED) is 0.605. The number of hydrogen-bond donors (Lipinski definition) is 1. The summed E-state index contributed by atoms with van der Waals surface area (Å²) in [5, 5.41) is 0. The third-order valence-corrected chi connectivity index (χ3v) is 3.13. The molecular formula is C20H42F3N3. The molecule has 0 heterocycles. The average Bonchev–Trinajstić information content (AvgIpc) is 2.59. The molecule has 0 amide bonds. The average molecular weight is 382 g/mol. The van der Waals surface area contributed by atoms with Gasteiger partial charge in [-0.1, -0.05) is 28.2 Å². The highest BCUT2D eigenvalue weighted by molar-refractivity contribution is 4.99. The fourth-order valence-electron chi connectivity index (χ4n) is 1.53. The van der Waals surface area contributed by atoms with Gasteiger partial charge in [-0.2, -0.15) is 0 Å². The van der Waals surface area contributed by atoms with Crippen molar-refractivity contribution in [1.29, 1.82) is 0 Å².